The molecule has 0 atom stereocenters. The number of para-hydroxylation sites is 1. The lowest BCUT2D eigenvalue weighted by molar-refractivity contribution is 0.916. The Balaban J connectivity index is 1.44. The molecule has 0 saturated heterocycles. The number of aryl methyl sites for hydroxylation is 4. The van der Waals surface area contributed by atoms with E-state index in [1.54, 1.807) is 0 Å². The van der Waals surface area contributed by atoms with Crippen molar-refractivity contribution < 1.29 is 0 Å². The van der Waals surface area contributed by atoms with Crippen molar-refractivity contribution in [1.82, 2.24) is 15.0 Å². The molecule has 0 amide bonds. The standard InChI is InChI=1S/C21H22N4S/c1-12-14(15-6-3-4-8-17(15)23-12)10-11-22-20-19-16-7-5-9-18(16)26-21(19)25-13(2)24-20/h3-4,6,8,23H,5,7,9-11H2,1-2H3,(H,22,24,25). The van der Waals surface area contributed by atoms with E-state index in [4.69, 9.17) is 4.98 Å². The van der Waals surface area contributed by atoms with Crippen molar-refractivity contribution in [2.45, 2.75) is 39.5 Å². The second kappa shape index (κ2) is 6.09. The number of fused-ring (bicyclic) bond motifs is 4. The Bertz CT molecular complexity index is 1120. The summed E-state index contributed by atoms with van der Waals surface area (Å²) in [5, 5.41) is 6.21. The van der Waals surface area contributed by atoms with Crippen LogP contribution in [0.1, 0.15) is 33.9 Å². The lowest BCUT2D eigenvalue weighted by atomic mass is 10.1. The fourth-order valence-corrected chi connectivity index (χ4v) is 5.50. The second-order valence-corrected chi connectivity index (χ2v) is 8.19. The summed E-state index contributed by atoms with van der Waals surface area (Å²) in [5.41, 5.74) is 5.35. The lowest BCUT2D eigenvalue weighted by Crippen LogP contribution is -2.08. The second-order valence-electron chi connectivity index (χ2n) is 7.11. The molecule has 0 radical (unpaired) electrons. The number of anilines is 1. The number of hydrogen-bond donors (Lipinski definition) is 2. The minimum atomic E-state index is 0.850. The highest BCUT2D eigenvalue weighted by molar-refractivity contribution is 7.19. The third-order valence-electron chi connectivity index (χ3n) is 5.37. The first-order valence-electron chi connectivity index (χ1n) is 9.29. The van der Waals surface area contributed by atoms with E-state index in [1.165, 1.54) is 50.8 Å². The van der Waals surface area contributed by atoms with Gasteiger partial charge < -0.3 is 10.3 Å². The molecule has 3 heterocycles. The number of rotatable bonds is 4. The molecule has 3 aromatic heterocycles. The Hall–Kier alpha value is -2.40. The summed E-state index contributed by atoms with van der Waals surface area (Å²) in [5.74, 6) is 1.87. The molecule has 1 aromatic carbocycles. The van der Waals surface area contributed by atoms with Crippen LogP contribution >= 0.6 is 11.3 Å². The van der Waals surface area contributed by atoms with Crippen molar-refractivity contribution in [3.8, 4) is 0 Å². The highest BCUT2D eigenvalue weighted by atomic mass is 32.1. The fraction of sp³-hybridized carbons (Fsp3) is 0.333. The number of hydrogen-bond acceptors (Lipinski definition) is 4. The van der Waals surface area contributed by atoms with Crippen molar-refractivity contribution >= 4 is 38.3 Å². The van der Waals surface area contributed by atoms with Gasteiger partial charge in [0.15, 0.2) is 0 Å². The molecule has 26 heavy (non-hydrogen) atoms. The highest BCUT2D eigenvalue weighted by Crippen LogP contribution is 2.39. The van der Waals surface area contributed by atoms with E-state index < -0.39 is 0 Å². The third kappa shape index (κ3) is 2.50. The molecule has 0 fully saturated rings. The molecule has 0 spiro atoms. The summed E-state index contributed by atoms with van der Waals surface area (Å²) >= 11 is 1.85. The van der Waals surface area contributed by atoms with Gasteiger partial charge in [-0.25, -0.2) is 9.97 Å². The predicted octanol–water partition coefficient (Wildman–Crippen LogP) is 4.93. The Labute approximate surface area is 156 Å². The van der Waals surface area contributed by atoms with E-state index >= 15 is 0 Å². The molecule has 4 nitrogen and oxygen atoms in total. The van der Waals surface area contributed by atoms with Gasteiger partial charge in [-0.2, -0.15) is 0 Å². The monoisotopic (exact) mass is 362 g/mol. The highest BCUT2D eigenvalue weighted by Gasteiger charge is 2.21. The zero-order valence-electron chi connectivity index (χ0n) is 15.1. The number of nitrogens with one attached hydrogen (secondary N) is 2. The van der Waals surface area contributed by atoms with Crippen LogP contribution in [0.3, 0.4) is 0 Å². The van der Waals surface area contributed by atoms with Crippen LogP contribution in [0, 0.1) is 13.8 Å². The number of aromatic nitrogens is 3. The first kappa shape index (κ1) is 15.8. The van der Waals surface area contributed by atoms with Crippen LogP contribution in [-0.4, -0.2) is 21.5 Å². The Morgan fingerprint density at radius 3 is 2.96 bits per heavy atom. The average molecular weight is 363 g/mol. The molecule has 1 aliphatic carbocycles. The van der Waals surface area contributed by atoms with Gasteiger partial charge in [0.2, 0.25) is 0 Å². The molecule has 5 rings (SSSR count). The summed E-state index contributed by atoms with van der Waals surface area (Å²) in [4.78, 5) is 15.6. The summed E-state index contributed by atoms with van der Waals surface area (Å²) < 4.78 is 0. The summed E-state index contributed by atoms with van der Waals surface area (Å²) in [7, 11) is 0. The Morgan fingerprint density at radius 2 is 2.04 bits per heavy atom. The number of aromatic amines is 1. The van der Waals surface area contributed by atoms with Crippen LogP contribution in [0.15, 0.2) is 24.3 Å². The molecular weight excluding hydrogens is 340 g/mol. The minimum absolute atomic E-state index is 0.850. The smallest absolute Gasteiger partial charge is 0.138 e. The largest absolute Gasteiger partial charge is 0.369 e. The van der Waals surface area contributed by atoms with E-state index in [1.807, 2.05) is 18.3 Å². The Kier molecular flexibility index (Phi) is 3.71. The average Bonchev–Trinajstić information content (AvgIpc) is 3.27. The maximum atomic E-state index is 4.73. The van der Waals surface area contributed by atoms with Gasteiger partial charge >= 0.3 is 0 Å². The predicted molar refractivity (Wildman–Crippen MR) is 109 cm³/mol. The van der Waals surface area contributed by atoms with E-state index in [0.29, 0.717) is 0 Å². The van der Waals surface area contributed by atoms with Gasteiger partial charge in [0, 0.05) is 28.0 Å². The molecular formula is C21H22N4S. The lowest BCUT2D eigenvalue weighted by Gasteiger charge is -2.09. The zero-order valence-corrected chi connectivity index (χ0v) is 16.0. The van der Waals surface area contributed by atoms with Crippen molar-refractivity contribution in [3.63, 3.8) is 0 Å². The zero-order chi connectivity index (χ0) is 17.7. The Morgan fingerprint density at radius 1 is 1.15 bits per heavy atom. The van der Waals surface area contributed by atoms with Gasteiger partial charge in [0.25, 0.3) is 0 Å². The molecule has 0 saturated carbocycles. The van der Waals surface area contributed by atoms with Gasteiger partial charge in [-0.15, -0.1) is 11.3 Å². The third-order valence-corrected chi connectivity index (χ3v) is 6.56. The quantitative estimate of drug-likeness (QED) is 0.541. The molecule has 0 aliphatic heterocycles. The number of benzene rings is 1. The first-order chi connectivity index (χ1) is 12.7. The van der Waals surface area contributed by atoms with Gasteiger partial charge in [-0.3, -0.25) is 0 Å². The van der Waals surface area contributed by atoms with Gasteiger partial charge in [0.1, 0.15) is 16.5 Å². The van der Waals surface area contributed by atoms with Crippen molar-refractivity contribution in [3.05, 3.63) is 51.8 Å². The van der Waals surface area contributed by atoms with Crippen LogP contribution in [0.2, 0.25) is 0 Å². The first-order valence-corrected chi connectivity index (χ1v) is 10.1. The van der Waals surface area contributed by atoms with Crippen LogP contribution in [0.4, 0.5) is 5.82 Å². The number of nitrogens with zero attached hydrogens (tertiary/aromatic N) is 2. The molecule has 2 N–H and O–H groups in total. The summed E-state index contributed by atoms with van der Waals surface area (Å²) in [6.07, 6.45) is 4.60. The van der Waals surface area contributed by atoms with Crippen LogP contribution < -0.4 is 5.32 Å². The van der Waals surface area contributed by atoms with Gasteiger partial charge in [-0.05, 0) is 56.7 Å². The molecule has 0 unspecified atom stereocenters. The normalized spacial score (nSPS) is 13.6. The minimum Gasteiger partial charge on any atom is -0.369 e. The van der Waals surface area contributed by atoms with Crippen molar-refractivity contribution in [2.24, 2.45) is 0 Å². The maximum Gasteiger partial charge on any atom is 0.138 e. The maximum absolute atomic E-state index is 4.73. The van der Waals surface area contributed by atoms with E-state index in [0.717, 1.165) is 35.9 Å². The molecule has 1 aliphatic rings. The fourth-order valence-electron chi connectivity index (χ4n) is 4.19. The molecule has 0 bridgehead atoms. The van der Waals surface area contributed by atoms with Crippen molar-refractivity contribution in [1.29, 1.82) is 0 Å². The number of H-pyrrole nitrogens is 1. The van der Waals surface area contributed by atoms with Crippen molar-refractivity contribution in [2.75, 3.05) is 11.9 Å². The molecule has 5 heteroatoms. The summed E-state index contributed by atoms with van der Waals surface area (Å²) in [6.45, 7) is 5.02. The molecule has 132 valence electrons. The number of thiophene rings is 1. The van der Waals surface area contributed by atoms with Crippen LogP contribution in [-0.2, 0) is 19.3 Å². The van der Waals surface area contributed by atoms with Crippen LogP contribution in [0.5, 0.6) is 0 Å². The van der Waals surface area contributed by atoms with Gasteiger partial charge in [0.05, 0.1) is 5.39 Å². The summed E-state index contributed by atoms with van der Waals surface area (Å²) in [6, 6.07) is 8.54. The van der Waals surface area contributed by atoms with Crippen LogP contribution in [0.25, 0.3) is 21.1 Å². The van der Waals surface area contributed by atoms with E-state index in [-0.39, 0.29) is 0 Å². The van der Waals surface area contributed by atoms with Gasteiger partial charge in [-0.1, -0.05) is 18.2 Å². The SMILES string of the molecule is Cc1nc(NCCc2c(C)[nH]c3ccccc23)c2c3c(sc2n1)CCC3. The topological polar surface area (TPSA) is 53.6 Å². The molecule has 4 aromatic rings. The van der Waals surface area contributed by atoms with E-state index in [2.05, 4.69) is 46.5 Å². The van der Waals surface area contributed by atoms with E-state index in [9.17, 15) is 0 Å².